The lowest BCUT2D eigenvalue weighted by atomic mass is 9.74. The average molecular weight is 246 g/mol. The van der Waals surface area contributed by atoms with E-state index in [9.17, 15) is 4.79 Å². The molecule has 0 aliphatic heterocycles. The number of Topliss-reactive ketones (excluding diaryl/α,β-unsaturated/α-hetero) is 1. The van der Waals surface area contributed by atoms with Crippen LogP contribution in [-0.2, 0) is 0 Å². The van der Waals surface area contributed by atoms with Gasteiger partial charge in [0.05, 0.1) is 12.7 Å². The van der Waals surface area contributed by atoms with Gasteiger partial charge in [-0.25, -0.2) is 0 Å². The molecule has 1 saturated carbocycles. The van der Waals surface area contributed by atoms with Gasteiger partial charge < -0.3 is 4.74 Å². The highest BCUT2D eigenvalue weighted by Crippen LogP contribution is 2.36. The Morgan fingerprint density at radius 2 is 2.00 bits per heavy atom. The zero-order valence-electron chi connectivity index (χ0n) is 11.3. The number of hydrogen-bond acceptors (Lipinski definition) is 2. The molecular weight excluding hydrogens is 224 g/mol. The summed E-state index contributed by atoms with van der Waals surface area (Å²) in [5.41, 5.74) is 0.755. The molecule has 0 aromatic heterocycles. The summed E-state index contributed by atoms with van der Waals surface area (Å²) in [6.45, 7) is 2.19. The van der Waals surface area contributed by atoms with Gasteiger partial charge in [-0.1, -0.05) is 38.3 Å². The third-order valence-corrected chi connectivity index (χ3v) is 4.14. The summed E-state index contributed by atoms with van der Waals surface area (Å²) in [4.78, 5) is 12.7. The Kier molecular flexibility index (Phi) is 4.40. The highest BCUT2D eigenvalue weighted by molar-refractivity contribution is 6.00. The number of para-hydroxylation sites is 1. The van der Waals surface area contributed by atoms with Crippen LogP contribution in [0, 0.1) is 11.8 Å². The SMILES string of the molecule is CCC1CCCCC1C(=O)c1ccccc1OC. The van der Waals surface area contributed by atoms with Crippen LogP contribution in [0.15, 0.2) is 24.3 Å². The van der Waals surface area contributed by atoms with Crippen molar-refractivity contribution in [2.45, 2.75) is 39.0 Å². The second-order valence-corrected chi connectivity index (χ2v) is 5.12. The van der Waals surface area contributed by atoms with E-state index in [1.807, 2.05) is 24.3 Å². The monoisotopic (exact) mass is 246 g/mol. The summed E-state index contributed by atoms with van der Waals surface area (Å²) >= 11 is 0. The van der Waals surface area contributed by atoms with E-state index in [-0.39, 0.29) is 11.7 Å². The first-order chi connectivity index (χ1) is 8.77. The molecule has 2 rings (SSSR count). The normalized spacial score (nSPS) is 23.7. The summed E-state index contributed by atoms with van der Waals surface area (Å²) in [5, 5.41) is 0. The first-order valence-corrected chi connectivity index (χ1v) is 6.95. The molecule has 0 heterocycles. The van der Waals surface area contributed by atoms with Crippen LogP contribution in [0.1, 0.15) is 49.4 Å². The van der Waals surface area contributed by atoms with E-state index in [1.54, 1.807) is 7.11 Å². The molecule has 18 heavy (non-hydrogen) atoms. The Morgan fingerprint density at radius 3 is 2.72 bits per heavy atom. The van der Waals surface area contributed by atoms with Gasteiger partial charge in [0.2, 0.25) is 0 Å². The van der Waals surface area contributed by atoms with E-state index in [0.29, 0.717) is 11.7 Å². The van der Waals surface area contributed by atoms with Crippen LogP contribution in [0.25, 0.3) is 0 Å². The zero-order valence-corrected chi connectivity index (χ0v) is 11.3. The number of methoxy groups -OCH3 is 1. The van der Waals surface area contributed by atoms with Crippen LogP contribution in [0.2, 0.25) is 0 Å². The van der Waals surface area contributed by atoms with Gasteiger partial charge in [-0.2, -0.15) is 0 Å². The fourth-order valence-corrected chi connectivity index (χ4v) is 3.09. The van der Waals surface area contributed by atoms with Gasteiger partial charge >= 0.3 is 0 Å². The van der Waals surface area contributed by atoms with Crippen LogP contribution < -0.4 is 4.74 Å². The van der Waals surface area contributed by atoms with E-state index in [0.717, 1.165) is 18.4 Å². The molecule has 0 N–H and O–H groups in total. The average Bonchev–Trinajstić information content (AvgIpc) is 2.46. The van der Waals surface area contributed by atoms with E-state index in [2.05, 4.69) is 6.92 Å². The summed E-state index contributed by atoms with van der Waals surface area (Å²) in [5.74, 6) is 1.73. The standard InChI is InChI=1S/C16H22O2/c1-3-12-8-4-5-9-13(12)16(17)14-10-6-7-11-15(14)18-2/h6-7,10-13H,3-5,8-9H2,1-2H3. The van der Waals surface area contributed by atoms with Crippen molar-refractivity contribution < 1.29 is 9.53 Å². The summed E-state index contributed by atoms with van der Waals surface area (Å²) in [6, 6.07) is 7.59. The van der Waals surface area contributed by atoms with Gasteiger partial charge in [0, 0.05) is 5.92 Å². The molecular formula is C16H22O2. The molecule has 2 unspecified atom stereocenters. The van der Waals surface area contributed by atoms with Crippen molar-refractivity contribution in [2.75, 3.05) is 7.11 Å². The smallest absolute Gasteiger partial charge is 0.169 e. The first-order valence-electron chi connectivity index (χ1n) is 6.95. The molecule has 1 aliphatic rings. The Hall–Kier alpha value is -1.31. The number of ether oxygens (including phenoxy) is 1. The van der Waals surface area contributed by atoms with Crippen molar-refractivity contribution in [3.63, 3.8) is 0 Å². The molecule has 1 fully saturated rings. The molecule has 0 amide bonds. The number of ketones is 1. The van der Waals surface area contributed by atoms with Crippen molar-refractivity contribution in [1.29, 1.82) is 0 Å². The Balaban J connectivity index is 2.24. The lowest BCUT2D eigenvalue weighted by Crippen LogP contribution is -2.27. The Bertz CT molecular complexity index is 411. The predicted molar refractivity (Wildman–Crippen MR) is 73.1 cm³/mol. The van der Waals surface area contributed by atoms with Crippen molar-refractivity contribution >= 4 is 5.78 Å². The number of benzene rings is 1. The number of hydrogen-bond donors (Lipinski definition) is 0. The fourth-order valence-electron chi connectivity index (χ4n) is 3.09. The van der Waals surface area contributed by atoms with Crippen LogP contribution in [-0.4, -0.2) is 12.9 Å². The quantitative estimate of drug-likeness (QED) is 0.748. The van der Waals surface area contributed by atoms with E-state index in [4.69, 9.17) is 4.74 Å². The number of carbonyl (C=O) groups excluding carboxylic acids is 1. The Labute approximate surface area is 109 Å². The highest BCUT2D eigenvalue weighted by atomic mass is 16.5. The van der Waals surface area contributed by atoms with Gasteiger partial charge in [-0.05, 0) is 30.9 Å². The molecule has 2 atom stereocenters. The van der Waals surface area contributed by atoms with E-state index < -0.39 is 0 Å². The van der Waals surface area contributed by atoms with Crippen molar-refractivity contribution in [3.05, 3.63) is 29.8 Å². The molecule has 0 bridgehead atoms. The van der Waals surface area contributed by atoms with Crippen molar-refractivity contribution in [2.24, 2.45) is 11.8 Å². The molecule has 2 heteroatoms. The highest BCUT2D eigenvalue weighted by Gasteiger charge is 2.31. The summed E-state index contributed by atoms with van der Waals surface area (Å²) in [6.07, 6.45) is 5.79. The fraction of sp³-hybridized carbons (Fsp3) is 0.562. The minimum Gasteiger partial charge on any atom is -0.496 e. The molecule has 98 valence electrons. The molecule has 1 aromatic carbocycles. The second-order valence-electron chi connectivity index (χ2n) is 5.12. The topological polar surface area (TPSA) is 26.3 Å². The second kappa shape index (κ2) is 6.03. The minimum atomic E-state index is 0.194. The van der Waals surface area contributed by atoms with Crippen LogP contribution in [0.5, 0.6) is 5.75 Å². The van der Waals surface area contributed by atoms with Gasteiger partial charge in [-0.3, -0.25) is 4.79 Å². The number of carbonyl (C=O) groups is 1. The molecule has 2 nitrogen and oxygen atoms in total. The zero-order chi connectivity index (χ0) is 13.0. The molecule has 1 aliphatic carbocycles. The maximum Gasteiger partial charge on any atom is 0.169 e. The lowest BCUT2D eigenvalue weighted by molar-refractivity contribution is 0.0817. The number of rotatable bonds is 4. The van der Waals surface area contributed by atoms with E-state index in [1.165, 1.54) is 19.3 Å². The summed E-state index contributed by atoms with van der Waals surface area (Å²) < 4.78 is 5.31. The minimum absolute atomic E-state index is 0.194. The third-order valence-electron chi connectivity index (χ3n) is 4.14. The van der Waals surface area contributed by atoms with Gasteiger partial charge in [0.15, 0.2) is 5.78 Å². The Morgan fingerprint density at radius 1 is 1.28 bits per heavy atom. The largest absolute Gasteiger partial charge is 0.496 e. The molecule has 0 spiro atoms. The maximum absolute atomic E-state index is 12.7. The van der Waals surface area contributed by atoms with Crippen LogP contribution in [0.4, 0.5) is 0 Å². The van der Waals surface area contributed by atoms with Gasteiger partial charge in [0.1, 0.15) is 5.75 Å². The van der Waals surface area contributed by atoms with Crippen LogP contribution >= 0.6 is 0 Å². The first kappa shape index (κ1) is 13.1. The molecule has 0 radical (unpaired) electrons. The van der Waals surface area contributed by atoms with E-state index >= 15 is 0 Å². The van der Waals surface area contributed by atoms with Crippen LogP contribution in [0.3, 0.4) is 0 Å². The third kappa shape index (κ3) is 2.58. The predicted octanol–water partition coefficient (Wildman–Crippen LogP) is 4.09. The van der Waals surface area contributed by atoms with Crippen molar-refractivity contribution in [3.8, 4) is 5.75 Å². The molecule has 1 aromatic rings. The van der Waals surface area contributed by atoms with Crippen molar-refractivity contribution in [1.82, 2.24) is 0 Å². The van der Waals surface area contributed by atoms with Gasteiger partial charge in [0.25, 0.3) is 0 Å². The maximum atomic E-state index is 12.7. The van der Waals surface area contributed by atoms with Gasteiger partial charge in [-0.15, -0.1) is 0 Å². The molecule has 0 saturated heterocycles. The summed E-state index contributed by atoms with van der Waals surface area (Å²) in [7, 11) is 1.63. The lowest BCUT2D eigenvalue weighted by Gasteiger charge is -2.30.